The normalized spacial score (nSPS) is 17.7. The van der Waals surface area contributed by atoms with Crippen LogP contribution in [0.2, 0.25) is 0 Å². The van der Waals surface area contributed by atoms with Gasteiger partial charge in [0, 0.05) is 18.9 Å². The van der Waals surface area contributed by atoms with Crippen LogP contribution in [0, 0.1) is 6.92 Å². The zero-order valence-electron chi connectivity index (χ0n) is 15.6. The molecule has 1 aromatic carbocycles. The van der Waals surface area contributed by atoms with E-state index in [1.807, 2.05) is 13.8 Å². The van der Waals surface area contributed by atoms with Crippen LogP contribution in [-0.2, 0) is 10.0 Å². The first-order valence-electron chi connectivity index (χ1n) is 8.71. The summed E-state index contributed by atoms with van der Waals surface area (Å²) in [6, 6.07) is 4.91. The lowest BCUT2D eigenvalue weighted by Gasteiger charge is -2.18. The number of aryl methyl sites for hydroxylation is 1. The number of sulfonamides is 1. The van der Waals surface area contributed by atoms with Gasteiger partial charge >= 0.3 is 0 Å². The van der Waals surface area contributed by atoms with E-state index in [1.165, 1.54) is 23.8 Å². The molecule has 0 amide bonds. The van der Waals surface area contributed by atoms with Gasteiger partial charge in [-0.25, -0.2) is 18.4 Å². The molecule has 0 bridgehead atoms. The van der Waals surface area contributed by atoms with Gasteiger partial charge in [-0.3, -0.25) is 0 Å². The fourth-order valence-electron chi connectivity index (χ4n) is 2.95. The molecule has 0 radical (unpaired) electrons. The summed E-state index contributed by atoms with van der Waals surface area (Å²) in [4.78, 5) is 8.39. The van der Waals surface area contributed by atoms with E-state index < -0.39 is 10.0 Å². The Hall–Kier alpha value is -2.39. The molecule has 0 N–H and O–H groups in total. The van der Waals surface area contributed by atoms with Crippen LogP contribution in [0.15, 0.2) is 35.5 Å². The SMILES string of the molecule is CCOc1ccc(S(=O)(=O)N2CCC(Oc3nccnc3OC)C2)cc1C. The average molecular weight is 393 g/mol. The maximum atomic E-state index is 13.0. The van der Waals surface area contributed by atoms with Gasteiger partial charge < -0.3 is 14.2 Å². The van der Waals surface area contributed by atoms with Crippen LogP contribution in [0.5, 0.6) is 17.5 Å². The molecule has 1 aliphatic heterocycles. The third-order valence-corrected chi connectivity index (χ3v) is 6.16. The van der Waals surface area contributed by atoms with Crippen LogP contribution >= 0.6 is 0 Å². The smallest absolute Gasteiger partial charge is 0.278 e. The van der Waals surface area contributed by atoms with Crippen LogP contribution in [0.4, 0.5) is 0 Å². The third kappa shape index (κ3) is 4.14. The van der Waals surface area contributed by atoms with E-state index >= 15 is 0 Å². The van der Waals surface area contributed by atoms with Gasteiger partial charge in [0.25, 0.3) is 11.8 Å². The number of ether oxygens (including phenoxy) is 3. The molecule has 2 aromatic rings. The van der Waals surface area contributed by atoms with Crippen molar-refractivity contribution in [3.63, 3.8) is 0 Å². The van der Waals surface area contributed by atoms with Crippen LogP contribution in [-0.4, -0.2) is 55.6 Å². The van der Waals surface area contributed by atoms with Crippen LogP contribution in [0.25, 0.3) is 0 Å². The number of hydrogen-bond donors (Lipinski definition) is 0. The molecule has 9 heteroatoms. The first kappa shape index (κ1) is 19.4. The third-order valence-electron chi connectivity index (χ3n) is 4.30. The Balaban J connectivity index is 1.73. The number of rotatable bonds is 7. The standard InChI is InChI=1S/C18H23N3O5S/c1-4-25-16-6-5-15(11-13(16)2)27(22,23)21-10-7-14(12-21)26-18-17(24-3)19-8-9-20-18/h5-6,8-9,11,14H,4,7,10,12H2,1-3H3. The summed E-state index contributed by atoms with van der Waals surface area (Å²) in [5.41, 5.74) is 0.786. The van der Waals surface area contributed by atoms with Gasteiger partial charge in [0.05, 0.1) is 25.2 Å². The summed E-state index contributed by atoms with van der Waals surface area (Å²) in [5, 5.41) is 0. The van der Waals surface area contributed by atoms with Gasteiger partial charge in [-0.2, -0.15) is 4.31 Å². The lowest BCUT2D eigenvalue weighted by molar-refractivity contribution is 0.194. The molecule has 3 rings (SSSR count). The first-order valence-corrected chi connectivity index (χ1v) is 10.1. The zero-order valence-corrected chi connectivity index (χ0v) is 16.4. The van der Waals surface area contributed by atoms with Crippen molar-refractivity contribution in [2.75, 3.05) is 26.8 Å². The number of benzene rings is 1. The molecule has 0 aliphatic carbocycles. The summed E-state index contributed by atoms with van der Waals surface area (Å²) >= 11 is 0. The minimum absolute atomic E-state index is 0.244. The first-order chi connectivity index (χ1) is 13.0. The van der Waals surface area contributed by atoms with E-state index in [0.29, 0.717) is 25.3 Å². The van der Waals surface area contributed by atoms with Gasteiger partial charge in [0.1, 0.15) is 11.9 Å². The summed E-state index contributed by atoms with van der Waals surface area (Å²) in [5.74, 6) is 1.23. The molecular formula is C18H23N3O5S. The van der Waals surface area contributed by atoms with Gasteiger partial charge in [0.2, 0.25) is 10.0 Å². The van der Waals surface area contributed by atoms with Crippen molar-refractivity contribution in [3.8, 4) is 17.5 Å². The van der Waals surface area contributed by atoms with E-state index in [-0.39, 0.29) is 29.3 Å². The summed E-state index contributed by atoms with van der Waals surface area (Å²) < 4.78 is 43.7. The van der Waals surface area contributed by atoms with E-state index in [0.717, 1.165) is 5.56 Å². The molecule has 1 aliphatic rings. The van der Waals surface area contributed by atoms with Gasteiger partial charge in [-0.15, -0.1) is 0 Å². The number of methoxy groups -OCH3 is 1. The number of aromatic nitrogens is 2. The Morgan fingerprint density at radius 3 is 2.63 bits per heavy atom. The molecule has 0 saturated carbocycles. The molecule has 1 atom stereocenters. The highest BCUT2D eigenvalue weighted by Gasteiger charge is 2.34. The Bertz CT molecular complexity index is 904. The largest absolute Gasteiger partial charge is 0.494 e. The highest BCUT2D eigenvalue weighted by molar-refractivity contribution is 7.89. The van der Waals surface area contributed by atoms with Crippen molar-refractivity contribution in [1.29, 1.82) is 0 Å². The maximum absolute atomic E-state index is 13.0. The second-order valence-electron chi connectivity index (χ2n) is 6.12. The summed E-state index contributed by atoms with van der Waals surface area (Å²) in [7, 11) is -2.12. The van der Waals surface area contributed by atoms with E-state index in [9.17, 15) is 8.42 Å². The minimum Gasteiger partial charge on any atom is -0.494 e. The van der Waals surface area contributed by atoms with Crippen molar-refractivity contribution in [1.82, 2.24) is 14.3 Å². The fraction of sp³-hybridized carbons (Fsp3) is 0.444. The lowest BCUT2D eigenvalue weighted by atomic mass is 10.2. The van der Waals surface area contributed by atoms with Crippen LogP contribution in [0.3, 0.4) is 0 Å². The fourth-order valence-corrected chi connectivity index (χ4v) is 4.52. The second-order valence-corrected chi connectivity index (χ2v) is 8.06. The molecule has 1 aromatic heterocycles. The van der Waals surface area contributed by atoms with Crippen LogP contribution in [0.1, 0.15) is 18.9 Å². The molecule has 1 unspecified atom stereocenters. The van der Waals surface area contributed by atoms with Crippen molar-refractivity contribution >= 4 is 10.0 Å². The van der Waals surface area contributed by atoms with Gasteiger partial charge in [0.15, 0.2) is 0 Å². The van der Waals surface area contributed by atoms with Crippen molar-refractivity contribution in [2.45, 2.75) is 31.3 Å². The highest BCUT2D eigenvalue weighted by atomic mass is 32.2. The van der Waals surface area contributed by atoms with E-state index in [1.54, 1.807) is 18.2 Å². The van der Waals surface area contributed by atoms with Crippen molar-refractivity contribution in [2.24, 2.45) is 0 Å². The molecule has 1 saturated heterocycles. The molecule has 1 fully saturated rings. The Morgan fingerprint density at radius 1 is 1.22 bits per heavy atom. The molecule has 146 valence electrons. The van der Waals surface area contributed by atoms with Gasteiger partial charge in [-0.1, -0.05) is 0 Å². The predicted octanol–water partition coefficient (Wildman–Crippen LogP) is 2.03. The van der Waals surface area contributed by atoms with Crippen molar-refractivity contribution in [3.05, 3.63) is 36.2 Å². The van der Waals surface area contributed by atoms with Gasteiger partial charge in [-0.05, 0) is 44.0 Å². The molecule has 0 spiro atoms. The zero-order chi connectivity index (χ0) is 19.4. The molecule has 2 heterocycles. The quantitative estimate of drug-likeness (QED) is 0.711. The second kappa shape index (κ2) is 8.10. The Kier molecular flexibility index (Phi) is 5.81. The molecule has 27 heavy (non-hydrogen) atoms. The predicted molar refractivity (Wildman–Crippen MR) is 98.7 cm³/mol. The minimum atomic E-state index is -3.60. The van der Waals surface area contributed by atoms with Crippen molar-refractivity contribution < 1.29 is 22.6 Å². The Labute approximate surface area is 159 Å². The number of nitrogens with zero attached hydrogens (tertiary/aromatic N) is 3. The molecular weight excluding hydrogens is 370 g/mol. The average Bonchev–Trinajstić information content (AvgIpc) is 3.13. The Morgan fingerprint density at radius 2 is 1.96 bits per heavy atom. The molecule has 8 nitrogen and oxygen atoms in total. The monoisotopic (exact) mass is 393 g/mol. The van der Waals surface area contributed by atoms with E-state index in [2.05, 4.69) is 9.97 Å². The summed E-state index contributed by atoms with van der Waals surface area (Å²) in [6.07, 6.45) is 3.26. The maximum Gasteiger partial charge on any atom is 0.278 e. The number of hydrogen-bond acceptors (Lipinski definition) is 7. The van der Waals surface area contributed by atoms with E-state index in [4.69, 9.17) is 14.2 Å². The topological polar surface area (TPSA) is 90.9 Å². The highest BCUT2D eigenvalue weighted by Crippen LogP contribution is 2.28. The summed E-state index contributed by atoms with van der Waals surface area (Å²) in [6.45, 7) is 4.88. The lowest BCUT2D eigenvalue weighted by Crippen LogP contribution is -2.31. The van der Waals surface area contributed by atoms with Crippen LogP contribution < -0.4 is 14.2 Å².